The van der Waals surface area contributed by atoms with Gasteiger partial charge >= 0.3 is 23.6 Å². The number of hydrazine groups is 4. The Morgan fingerprint density at radius 2 is 0.815 bits per heavy atom. The standard InChI is InChI=1S/C6H14O4.2C2H6N4O2.ClH/c7-1-3-9-5-6-10-4-2-8;2*3-5-1(7)2(8)6-4;/h7-8H,1-6H2;2*3-4H2,(H,5,7)(H,6,8);1H. The van der Waals surface area contributed by atoms with Crippen molar-refractivity contribution in [1.82, 2.24) is 21.7 Å². The Hall–Kier alpha value is -2.15. The molecule has 0 spiro atoms. The normalized spacial score (nSPS) is 8.37. The number of halogens is 1. The molecule has 0 radical (unpaired) electrons. The molecule has 16 nitrogen and oxygen atoms in total. The lowest BCUT2D eigenvalue weighted by Gasteiger charge is -2.01. The summed E-state index contributed by atoms with van der Waals surface area (Å²) in [6.07, 6.45) is 0. The van der Waals surface area contributed by atoms with Gasteiger partial charge in [-0.2, -0.15) is 0 Å². The minimum absolute atomic E-state index is 0. The third-order valence-electron chi connectivity index (χ3n) is 1.78. The number of nitrogens with two attached hydrogens (primary N) is 4. The summed E-state index contributed by atoms with van der Waals surface area (Å²) in [7, 11) is 0. The Balaban J connectivity index is -0.000000146. The number of aliphatic hydroxyl groups is 2. The summed E-state index contributed by atoms with van der Waals surface area (Å²) in [4.78, 5) is 40.1. The maximum atomic E-state index is 10.0. The molecule has 4 amide bonds. The van der Waals surface area contributed by atoms with Crippen LogP contribution in [-0.2, 0) is 28.7 Å². The monoisotopic (exact) mass is 422 g/mol. The summed E-state index contributed by atoms with van der Waals surface area (Å²) >= 11 is 0. The SMILES string of the molecule is Cl.NNC(=O)C(=O)NN.NNC(=O)C(=O)NN.OCCOCCOCCO. The largest absolute Gasteiger partial charge is 0.394 e. The lowest BCUT2D eigenvalue weighted by atomic mass is 10.6. The van der Waals surface area contributed by atoms with Gasteiger partial charge in [0.2, 0.25) is 0 Å². The molecule has 27 heavy (non-hydrogen) atoms. The highest BCUT2D eigenvalue weighted by Gasteiger charge is 2.07. The average Bonchev–Trinajstić information content (AvgIpc) is 2.68. The Kier molecular flexibility index (Phi) is 31.4. The molecule has 0 unspecified atom stereocenters. The van der Waals surface area contributed by atoms with Gasteiger partial charge in [0, 0.05) is 0 Å². The molecule has 0 atom stereocenters. The van der Waals surface area contributed by atoms with Crippen LogP contribution in [0.4, 0.5) is 0 Å². The van der Waals surface area contributed by atoms with Gasteiger partial charge in [0.25, 0.3) is 0 Å². The number of nitrogens with one attached hydrogen (secondary N) is 4. The van der Waals surface area contributed by atoms with Crippen molar-refractivity contribution in [2.75, 3.05) is 39.6 Å². The van der Waals surface area contributed by atoms with E-state index in [0.717, 1.165) is 0 Å². The highest BCUT2D eigenvalue weighted by atomic mass is 35.5. The van der Waals surface area contributed by atoms with Crippen LogP contribution in [0.1, 0.15) is 0 Å². The van der Waals surface area contributed by atoms with Crippen molar-refractivity contribution >= 4 is 36.0 Å². The zero-order chi connectivity index (χ0) is 20.8. The number of ether oxygens (including phenoxy) is 2. The first-order chi connectivity index (χ1) is 12.4. The van der Waals surface area contributed by atoms with E-state index in [9.17, 15) is 19.2 Å². The minimum atomic E-state index is -0.965. The maximum absolute atomic E-state index is 10.0. The summed E-state index contributed by atoms with van der Waals surface area (Å²) in [6.45, 7) is 1.73. The molecule has 0 bridgehead atoms. The first kappa shape index (κ1) is 32.5. The lowest BCUT2D eigenvalue weighted by molar-refractivity contribution is -0.139. The molecule has 0 rings (SSSR count). The highest BCUT2D eigenvalue weighted by Crippen LogP contribution is 1.76. The third-order valence-corrected chi connectivity index (χ3v) is 1.78. The highest BCUT2D eigenvalue weighted by molar-refractivity contribution is 6.35. The quantitative estimate of drug-likeness (QED) is 0.0602. The number of hydrogen-bond acceptors (Lipinski definition) is 12. The van der Waals surface area contributed by atoms with Gasteiger partial charge in [0.1, 0.15) is 0 Å². The van der Waals surface area contributed by atoms with Gasteiger partial charge in [0.15, 0.2) is 0 Å². The van der Waals surface area contributed by atoms with E-state index >= 15 is 0 Å². The molecule has 14 N–H and O–H groups in total. The van der Waals surface area contributed by atoms with Gasteiger partial charge in [-0.3, -0.25) is 40.9 Å². The van der Waals surface area contributed by atoms with Gasteiger partial charge in [-0.25, -0.2) is 23.4 Å². The predicted octanol–water partition coefficient (Wildman–Crippen LogP) is -6.64. The van der Waals surface area contributed by atoms with E-state index in [1.165, 1.54) is 0 Å². The smallest absolute Gasteiger partial charge is 0.324 e. The second kappa shape index (κ2) is 26.1. The molecule has 17 heteroatoms. The number of amides is 4. The molecule has 0 aliphatic carbocycles. The van der Waals surface area contributed by atoms with Crippen LogP contribution in [0.15, 0.2) is 0 Å². The van der Waals surface area contributed by atoms with Crippen molar-refractivity contribution in [2.45, 2.75) is 0 Å². The zero-order valence-corrected chi connectivity index (χ0v) is 15.1. The predicted molar refractivity (Wildman–Crippen MR) is 92.4 cm³/mol. The Morgan fingerprint density at radius 3 is 0.963 bits per heavy atom. The third kappa shape index (κ3) is 26.2. The van der Waals surface area contributed by atoms with Crippen LogP contribution in [-0.4, -0.2) is 73.5 Å². The van der Waals surface area contributed by atoms with Crippen LogP contribution in [0.25, 0.3) is 0 Å². The maximum Gasteiger partial charge on any atom is 0.324 e. The summed E-state index contributed by atoms with van der Waals surface area (Å²) in [5.41, 5.74) is 6.34. The first-order valence-corrected chi connectivity index (χ1v) is 6.76. The van der Waals surface area contributed by atoms with Crippen molar-refractivity contribution in [1.29, 1.82) is 0 Å². The van der Waals surface area contributed by atoms with Crippen LogP contribution >= 0.6 is 12.4 Å². The number of carbonyl (C=O) groups is 4. The van der Waals surface area contributed by atoms with Crippen LogP contribution < -0.4 is 45.1 Å². The summed E-state index contributed by atoms with van der Waals surface area (Å²) in [6, 6.07) is 0. The second-order valence-corrected chi connectivity index (χ2v) is 3.57. The lowest BCUT2D eigenvalue weighted by Crippen LogP contribution is -2.45. The van der Waals surface area contributed by atoms with Crippen LogP contribution in [0.5, 0.6) is 0 Å². The molecular weight excluding hydrogens is 396 g/mol. The summed E-state index contributed by atoms with van der Waals surface area (Å²) in [5.74, 6) is 14.3. The Bertz CT molecular complexity index is 339. The number of aliphatic hydroxyl groups excluding tert-OH is 2. The Morgan fingerprint density at radius 1 is 0.593 bits per heavy atom. The van der Waals surface area contributed by atoms with E-state index in [2.05, 4.69) is 23.4 Å². The second-order valence-electron chi connectivity index (χ2n) is 3.57. The molecule has 0 aliphatic heterocycles. The number of hydrogen-bond donors (Lipinski definition) is 10. The zero-order valence-electron chi connectivity index (χ0n) is 14.3. The average molecular weight is 423 g/mol. The topological polar surface area (TPSA) is 279 Å². The van der Waals surface area contributed by atoms with Gasteiger partial charge < -0.3 is 19.7 Å². The van der Waals surface area contributed by atoms with Crippen molar-refractivity contribution < 1.29 is 38.9 Å². The van der Waals surface area contributed by atoms with Crippen molar-refractivity contribution in [3.05, 3.63) is 0 Å². The molecule has 0 heterocycles. The first-order valence-electron chi connectivity index (χ1n) is 6.76. The van der Waals surface area contributed by atoms with Gasteiger partial charge in [-0.05, 0) is 0 Å². The number of carbonyl (C=O) groups excluding carboxylic acids is 4. The van der Waals surface area contributed by atoms with E-state index in [-0.39, 0.29) is 25.6 Å². The van der Waals surface area contributed by atoms with Crippen LogP contribution in [0.3, 0.4) is 0 Å². The van der Waals surface area contributed by atoms with E-state index in [4.69, 9.17) is 19.7 Å². The van der Waals surface area contributed by atoms with E-state index in [1.807, 2.05) is 0 Å². The molecule has 0 aliphatic rings. The molecule has 0 fully saturated rings. The van der Waals surface area contributed by atoms with E-state index in [1.54, 1.807) is 21.7 Å². The number of rotatable bonds is 7. The van der Waals surface area contributed by atoms with Crippen LogP contribution in [0, 0.1) is 0 Å². The molecule has 0 aromatic carbocycles. The van der Waals surface area contributed by atoms with E-state index < -0.39 is 23.6 Å². The molecule has 0 aromatic heterocycles. The molecule has 0 aromatic rings. The molecule has 162 valence electrons. The fourth-order valence-electron chi connectivity index (χ4n) is 0.713. The van der Waals surface area contributed by atoms with Gasteiger partial charge in [-0.1, -0.05) is 0 Å². The van der Waals surface area contributed by atoms with Crippen LogP contribution in [0.2, 0.25) is 0 Å². The van der Waals surface area contributed by atoms with Gasteiger partial charge in [-0.15, -0.1) is 12.4 Å². The summed E-state index contributed by atoms with van der Waals surface area (Å²) < 4.78 is 9.75. The molecule has 0 saturated carbocycles. The van der Waals surface area contributed by atoms with E-state index in [0.29, 0.717) is 26.4 Å². The van der Waals surface area contributed by atoms with Crippen molar-refractivity contribution in [3.8, 4) is 0 Å². The minimum Gasteiger partial charge on any atom is -0.394 e. The van der Waals surface area contributed by atoms with Crippen molar-refractivity contribution in [3.63, 3.8) is 0 Å². The Labute approximate surface area is 160 Å². The van der Waals surface area contributed by atoms with Gasteiger partial charge in [0.05, 0.1) is 39.6 Å². The fourth-order valence-corrected chi connectivity index (χ4v) is 0.713. The summed E-state index contributed by atoms with van der Waals surface area (Å²) in [5, 5.41) is 16.5. The molecular formula is C10H27ClN8O8. The fraction of sp³-hybridized carbons (Fsp3) is 0.600. The van der Waals surface area contributed by atoms with Crippen molar-refractivity contribution in [2.24, 2.45) is 23.4 Å². The molecule has 0 saturated heterocycles.